The summed E-state index contributed by atoms with van der Waals surface area (Å²) in [6.45, 7) is 6.13. The SMILES string of the molecule is C=C1C(=O)O[C@H](C2CCCCC2)[C@H]1CCCC. The lowest BCUT2D eigenvalue weighted by Crippen LogP contribution is -2.28. The second-order valence-corrected chi connectivity index (χ2v) is 5.54. The minimum Gasteiger partial charge on any atom is -0.458 e. The van der Waals surface area contributed by atoms with E-state index in [1.54, 1.807) is 0 Å². The van der Waals surface area contributed by atoms with Crippen molar-refractivity contribution in [3.05, 3.63) is 12.2 Å². The summed E-state index contributed by atoms with van der Waals surface area (Å²) in [6, 6.07) is 0. The van der Waals surface area contributed by atoms with Gasteiger partial charge in [0.05, 0.1) is 0 Å². The Labute approximate surface area is 104 Å². The van der Waals surface area contributed by atoms with Crippen molar-refractivity contribution in [2.24, 2.45) is 11.8 Å². The molecule has 0 unspecified atom stereocenters. The average molecular weight is 236 g/mol. The van der Waals surface area contributed by atoms with Crippen molar-refractivity contribution in [1.82, 2.24) is 0 Å². The lowest BCUT2D eigenvalue weighted by atomic mass is 9.78. The first-order valence-corrected chi connectivity index (χ1v) is 7.13. The van der Waals surface area contributed by atoms with Crippen molar-refractivity contribution < 1.29 is 9.53 Å². The summed E-state index contributed by atoms with van der Waals surface area (Å²) in [5.74, 6) is 0.751. The number of carbonyl (C=O) groups is 1. The summed E-state index contributed by atoms with van der Waals surface area (Å²) in [7, 11) is 0. The third-order valence-electron chi connectivity index (χ3n) is 4.33. The zero-order valence-electron chi connectivity index (χ0n) is 10.9. The van der Waals surface area contributed by atoms with Crippen molar-refractivity contribution >= 4 is 5.97 Å². The van der Waals surface area contributed by atoms with Crippen LogP contribution in [-0.4, -0.2) is 12.1 Å². The zero-order chi connectivity index (χ0) is 12.3. The highest BCUT2D eigenvalue weighted by molar-refractivity contribution is 5.90. The Morgan fingerprint density at radius 2 is 2.00 bits per heavy atom. The molecule has 2 aliphatic rings. The van der Waals surface area contributed by atoms with Crippen LogP contribution in [0.15, 0.2) is 12.2 Å². The molecule has 1 aliphatic heterocycles. The van der Waals surface area contributed by atoms with Gasteiger partial charge in [-0.1, -0.05) is 45.6 Å². The van der Waals surface area contributed by atoms with Crippen molar-refractivity contribution in [3.63, 3.8) is 0 Å². The Kier molecular flexibility index (Phi) is 4.25. The van der Waals surface area contributed by atoms with Gasteiger partial charge in [0.2, 0.25) is 0 Å². The topological polar surface area (TPSA) is 26.3 Å². The molecule has 0 bridgehead atoms. The van der Waals surface area contributed by atoms with E-state index in [0.717, 1.165) is 12.0 Å². The normalized spacial score (nSPS) is 30.6. The number of hydrogen-bond donors (Lipinski definition) is 0. The van der Waals surface area contributed by atoms with Crippen molar-refractivity contribution in [2.45, 2.75) is 64.4 Å². The van der Waals surface area contributed by atoms with E-state index >= 15 is 0 Å². The molecular weight excluding hydrogens is 212 g/mol. The molecular formula is C15H24O2. The largest absolute Gasteiger partial charge is 0.458 e. The van der Waals surface area contributed by atoms with E-state index in [0.29, 0.717) is 11.8 Å². The van der Waals surface area contributed by atoms with Gasteiger partial charge in [-0.05, 0) is 25.2 Å². The van der Waals surface area contributed by atoms with Crippen LogP contribution in [0.2, 0.25) is 0 Å². The van der Waals surface area contributed by atoms with Gasteiger partial charge >= 0.3 is 5.97 Å². The Morgan fingerprint density at radius 1 is 1.29 bits per heavy atom. The van der Waals surface area contributed by atoms with Crippen molar-refractivity contribution in [1.29, 1.82) is 0 Å². The summed E-state index contributed by atoms with van der Waals surface area (Å²) in [5, 5.41) is 0. The minimum absolute atomic E-state index is 0.137. The van der Waals surface area contributed by atoms with Crippen LogP contribution in [-0.2, 0) is 9.53 Å². The van der Waals surface area contributed by atoms with Crippen molar-refractivity contribution in [3.8, 4) is 0 Å². The van der Waals surface area contributed by atoms with Gasteiger partial charge in [0, 0.05) is 11.5 Å². The first kappa shape index (κ1) is 12.7. The number of esters is 1. The lowest BCUT2D eigenvalue weighted by Gasteiger charge is -2.29. The molecule has 96 valence electrons. The van der Waals surface area contributed by atoms with Crippen LogP contribution < -0.4 is 0 Å². The van der Waals surface area contributed by atoms with Gasteiger partial charge < -0.3 is 4.74 Å². The number of hydrogen-bond acceptors (Lipinski definition) is 2. The van der Waals surface area contributed by atoms with E-state index in [9.17, 15) is 4.79 Å². The van der Waals surface area contributed by atoms with E-state index in [1.807, 2.05) is 0 Å². The second kappa shape index (κ2) is 5.70. The molecule has 0 aromatic rings. The Morgan fingerprint density at radius 3 is 2.65 bits per heavy atom. The molecule has 1 saturated carbocycles. The summed E-state index contributed by atoms with van der Waals surface area (Å²) in [5.41, 5.74) is 0.731. The second-order valence-electron chi connectivity index (χ2n) is 5.54. The smallest absolute Gasteiger partial charge is 0.334 e. The number of unbranched alkanes of at least 4 members (excludes halogenated alkanes) is 1. The molecule has 17 heavy (non-hydrogen) atoms. The Hall–Kier alpha value is -0.790. The van der Waals surface area contributed by atoms with Crippen LogP contribution >= 0.6 is 0 Å². The predicted molar refractivity (Wildman–Crippen MR) is 68.6 cm³/mol. The van der Waals surface area contributed by atoms with Gasteiger partial charge in [-0.2, -0.15) is 0 Å². The summed E-state index contributed by atoms with van der Waals surface area (Å²) in [4.78, 5) is 11.7. The molecule has 2 atom stereocenters. The predicted octanol–water partition coefficient (Wildman–Crippen LogP) is 3.85. The quantitative estimate of drug-likeness (QED) is 0.547. The van der Waals surface area contributed by atoms with Crippen LogP contribution in [0.5, 0.6) is 0 Å². The highest BCUT2D eigenvalue weighted by atomic mass is 16.6. The van der Waals surface area contributed by atoms with E-state index < -0.39 is 0 Å². The van der Waals surface area contributed by atoms with Gasteiger partial charge in [-0.3, -0.25) is 0 Å². The molecule has 2 heteroatoms. The third-order valence-corrected chi connectivity index (χ3v) is 4.33. The molecule has 1 saturated heterocycles. The van der Waals surface area contributed by atoms with Crippen LogP contribution in [0, 0.1) is 11.8 Å². The van der Waals surface area contributed by atoms with E-state index in [4.69, 9.17) is 4.74 Å². The molecule has 0 spiro atoms. The first-order chi connectivity index (χ1) is 8.24. The van der Waals surface area contributed by atoms with Crippen LogP contribution in [0.4, 0.5) is 0 Å². The minimum atomic E-state index is -0.137. The molecule has 0 amide bonds. The van der Waals surface area contributed by atoms with Gasteiger partial charge in [0.15, 0.2) is 0 Å². The standard InChI is InChI=1S/C15H24O2/c1-3-4-10-13-11(2)15(16)17-14(13)12-8-6-5-7-9-12/h12-14H,2-10H2,1H3/t13-,14+/m0/s1. The van der Waals surface area contributed by atoms with Gasteiger partial charge in [-0.15, -0.1) is 0 Å². The van der Waals surface area contributed by atoms with Gasteiger partial charge in [0.25, 0.3) is 0 Å². The highest BCUT2D eigenvalue weighted by Crippen LogP contribution is 2.40. The molecule has 0 N–H and O–H groups in total. The first-order valence-electron chi connectivity index (χ1n) is 7.13. The molecule has 2 fully saturated rings. The molecule has 2 nitrogen and oxygen atoms in total. The van der Waals surface area contributed by atoms with Crippen molar-refractivity contribution in [2.75, 3.05) is 0 Å². The zero-order valence-corrected chi connectivity index (χ0v) is 10.9. The lowest BCUT2D eigenvalue weighted by molar-refractivity contribution is -0.141. The third kappa shape index (κ3) is 2.72. The van der Waals surface area contributed by atoms with Crippen LogP contribution in [0.1, 0.15) is 58.3 Å². The fourth-order valence-corrected chi connectivity index (χ4v) is 3.28. The fraction of sp³-hybridized carbons (Fsp3) is 0.800. The molecule has 0 radical (unpaired) electrons. The summed E-state index contributed by atoms with van der Waals surface area (Å²) in [6.07, 6.45) is 9.96. The highest BCUT2D eigenvalue weighted by Gasteiger charge is 2.42. The van der Waals surface area contributed by atoms with Gasteiger partial charge in [0.1, 0.15) is 6.10 Å². The monoisotopic (exact) mass is 236 g/mol. The van der Waals surface area contributed by atoms with Gasteiger partial charge in [-0.25, -0.2) is 4.79 Å². The van der Waals surface area contributed by atoms with Crippen LogP contribution in [0.25, 0.3) is 0 Å². The molecule has 2 rings (SSSR count). The maximum absolute atomic E-state index is 11.7. The number of cyclic esters (lactones) is 1. The molecule has 0 aromatic heterocycles. The Balaban J connectivity index is 2.02. The number of ether oxygens (including phenoxy) is 1. The average Bonchev–Trinajstić information content (AvgIpc) is 2.65. The Bertz CT molecular complexity index is 289. The fourth-order valence-electron chi connectivity index (χ4n) is 3.28. The van der Waals surface area contributed by atoms with E-state index in [1.165, 1.54) is 44.9 Å². The molecule has 0 aromatic carbocycles. The summed E-state index contributed by atoms with van der Waals surface area (Å²) >= 11 is 0. The maximum atomic E-state index is 11.7. The van der Waals surface area contributed by atoms with E-state index in [2.05, 4.69) is 13.5 Å². The number of rotatable bonds is 4. The summed E-state index contributed by atoms with van der Waals surface area (Å²) < 4.78 is 5.58. The van der Waals surface area contributed by atoms with Crippen LogP contribution in [0.3, 0.4) is 0 Å². The number of carbonyl (C=O) groups excluding carboxylic acids is 1. The van der Waals surface area contributed by atoms with E-state index in [-0.39, 0.29) is 12.1 Å². The maximum Gasteiger partial charge on any atom is 0.334 e. The molecule has 1 aliphatic carbocycles. The molecule has 1 heterocycles.